The Morgan fingerprint density at radius 3 is 3.00 bits per heavy atom. The molecule has 0 aliphatic carbocycles. The summed E-state index contributed by atoms with van der Waals surface area (Å²) >= 11 is 0. The maximum Gasteiger partial charge on any atom is 0.185 e. The predicted molar refractivity (Wildman–Crippen MR) is 73.1 cm³/mol. The van der Waals surface area contributed by atoms with E-state index in [4.69, 9.17) is 11.5 Å². The van der Waals surface area contributed by atoms with Gasteiger partial charge in [-0.2, -0.15) is 0 Å². The minimum atomic E-state index is -0.123. The molecule has 3 atom stereocenters. The highest BCUT2D eigenvalue weighted by Gasteiger charge is 2.20. The molecule has 18 heavy (non-hydrogen) atoms. The van der Waals surface area contributed by atoms with Gasteiger partial charge in [0, 0.05) is 6.54 Å². The van der Waals surface area contributed by atoms with Crippen LogP contribution in [0.3, 0.4) is 0 Å². The highest BCUT2D eigenvalue weighted by molar-refractivity contribution is 5.75. The number of carbonyl (C=O) groups is 1. The van der Waals surface area contributed by atoms with E-state index in [0.29, 0.717) is 12.5 Å². The van der Waals surface area contributed by atoms with Gasteiger partial charge in [-0.1, -0.05) is 6.92 Å². The SMILES string of the molecule is CC1CCNC(N[C@H](C=O)CCCN=C(N)N)C1. The molecule has 0 aromatic rings. The molecule has 1 heterocycles. The van der Waals surface area contributed by atoms with Crippen LogP contribution in [0.1, 0.15) is 32.6 Å². The average Bonchev–Trinajstić information content (AvgIpc) is 2.33. The molecule has 0 aromatic heterocycles. The van der Waals surface area contributed by atoms with Crippen LogP contribution in [0, 0.1) is 5.92 Å². The first-order valence-corrected chi connectivity index (χ1v) is 6.62. The molecule has 1 aliphatic rings. The van der Waals surface area contributed by atoms with Gasteiger partial charge < -0.3 is 21.6 Å². The van der Waals surface area contributed by atoms with Gasteiger partial charge in [-0.25, -0.2) is 0 Å². The Morgan fingerprint density at radius 1 is 1.61 bits per heavy atom. The molecule has 0 spiro atoms. The third kappa shape index (κ3) is 5.97. The summed E-state index contributed by atoms with van der Waals surface area (Å²) in [5, 5.41) is 6.72. The summed E-state index contributed by atoms with van der Waals surface area (Å²) in [4.78, 5) is 14.9. The van der Waals surface area contributed by atoms with Gasteiger partial charge in [0.05, 0.1) is 12.2 Å². The van der Waals surface area contributed by atoms with Crippen molar-refractivity contribution in [3.63, 3.8) is 0 Å². The Labute approximate surface area is 109 Å². The zero-order valence-electron chi connectivity index (χ0n) is 11.1. The zero-order valence-corrected chi connectivity index (χ0v) is 11.1. The number of hydrogen-bond donors (Lipinski definition) is 4. The van der Waals surface area contributed by atoms with Crippen molar-refractivity contribution in [1.29, 1.82) is 0 Å². The smallest absolute Gasteiger partial charge is 0.185 e. The predicted octanol–water partition coefficient (Wildman–Crippen LogP) is -0.457. The van der Waals surface area contributed by atoms with E-state index < -0.39 is 0 Å². The van der Waals surface area contributed by atoms with Gasteiger partial charge in [-0.3, -0.25) is 10.3 Å². The normalized spacial score (nSPS) is 25.4. The van der Waals surface area contributed by atoms with Crippen molar-refractivity contribution in [1.82, 2.24) is 10.6 Å². The van der Waals surface area contributed by atoms with E-state index in [1.807, 2.05) is 0 Å². The van der Waals surface area contributed by atoms with Crippen LogP contribution in [0.4, 0.5) is 0 Å². The van der Waals surface area contributed by atoms with Crippen LogP contribution in [-0.2, 0) is 4.79 Å². The lowest BCUT2D eigenvalue weighted by Crippen LogP contribution is -2.51. The van der Waals surface area contributed by atoms with Gasteiger partial charge in [0.1, 0.15) is 6.29 Å². The topological polar surface area (TPSA) is 106 Å². The highest BCUT2D eigenvalue weighted by Crippen LogP contribution is 2.14. The van der Waals surface area contributed by atoms with Crippen molar-refractivity contribution in [2.75, 3.05) is 13.1 Å². The molecular formula is C12H25N5O. The summed E-state index contributed by atoms with van der Waals surface area (Å²) in [5.74, 6) is 0.811. The number of aldehydes is 1. The Hall–Kier alpha value is -1.14. The molecular weight excluding hydrogens is 230 g/mol. The number of nitrogens with one attached hydrogen (secondary N) is 2. The molecule has 0 bridgehead atoms. The van der Waals surface area contributed by atoms with Crippen LogP contribution in [-0.4, -0.2) is 37.5 Å². The molecule has 104 valence electrons. The molecule has 0 amide bonds. The number of rotatable bonds is 7. The number of nitrogens with two attached hydrogens (primary N) is 2. The molecule has 1 aliphatic heterocycles. The molecule has 0 saturated carbocycles. The number of hydrogen-bond acceptors (Lipinski definition) is 4. The zero-order chi connectivity index (χ0) is 13.4. The van der Waals surface area contributed by atoms with Gasteiger partial charge in [-0.05, 0) is 38.1 Å². The fourth-order valence-corrected chi connectivity index (χ4v) is 2.20. The number of aliphatic imine (C=N–C) groups is 1. The quantitative estimate of drug-likeness (QED) is 0.213. The lowest BCUT2D eigenvalue weighted by Gasteiger charge is -2.30. The van der Waals surface area contributed by atoms with Crippen molar-refractivity contribution in [3.8, 4) is 0 Å². The molecule has 1 rings (SSSR count). The van der Waals surface area contributed by atoms with Crippen LogP contribution in [0.25, 0.3) is 0 Å². The third-order valence-electron chi connectivity index (χ3n) is 3.21. The number of carbonyl (C=O) groups excluding carboxylic acids is 1. The van der Waals surface area contributed by atoms with E-state index >= 15 is 0 Å². The monoisotopic (exact) mass is 255 g/mol. The van der Waals surface area contributed by atoms with Gasteiger partial charge in [-0.15, -0.1) is 0 Å². The summed E-state index contributed by atoms with van der Waals surface area (Å²) in [6, 6.07) is -0.123. The Kier molecular flexibility index (Phi) is 6.67. The number of guanidine groups is 1. The summed E-state index contributed by atoms with van der Waals surface area (Å²) in [5.41, 5.74) is 10.5. The van der Waals surface area contributed by atoms with Crippen molar-refractivity contribution in [2.45, 2.75) is 44.8 Å². The lowest BCUT2D eigenvalue weighted by molar-refractivity contribution is -0.110. The second-order valence-corrected chi connectivity index (χ2v) is 4.99. The molecule has 6 heteroatoms. The largest absolute Gasteiger partial charge is 0.370 e. The van der Waals surface area contributed by atoms with E-state index in [9.17, 15) is 4.79 Å². The maximum absolute atomic E-state index is 11.0. The van der Waals surface area contributed by atoms with Crippen molar-refractivity contribution in [3.05, 3.63) is 0 Å². The first kappa shape index (κ1) is 14.9. The second-order valence-electron chi connectivity index (χ2n) is 4.99. The van der Waals surface area contributed by atoms with E-state index in [1.165, 1.54) is 6.42 Å². The van der Waals surface area contributed by atoms with Gasteiger partial charge >= 0.3 is 0 Å². The number of piperidine rings is 1. The minimum Gasteiger partial charge on any atom is -0.370 e. The standard InChI is InChI=1S/C12H25N5O/c1-9-4-6-15-11(7-9)17-10(8-18)3-2-5-16-12(13)14/h8-11,15,17H,2-7H2,1H3,(H4,13,14,16)/t9?,10-,11?/m0/s1. The summed E-state index contributed by atoms with van der Waals surface area (Å²) < 4.78 is 0. The van der Waals surface area contributed by atoms with Crippen LogP contribution >= 0.6 is 0 Å². The van der Waals surface area contributed by atoms with E-state index in [-0.39, 0.29) is 18.2 Å². The van der Waals surface area contributed by atoms with E-state index in [0.717, 1.165) is 32.1 Å². The molecule has 1 fully saturated rings. The fraction of sp³-hybridized carbons (Fsp3) is 0.833. The summed E-state index contributed by atoms with van der Waals surface area (Å²) in [6.45, 7) is 3.82. The number of nitrogens with zero attached hydrogens (tertiary/aromatic N) is 1. The second kappa shape index (κ2) is 8.05. The third-order valence-corrected chi connectivity index (χ3v) is 3.21. The van der Waals surface area contributed by atoms with Crippen molar-refractivity contribution >= 4 is 12.2 Å². The Balaban J connectivity index is 2.24. The first-order valence-electron chi connectivity index (χ1n) is 6.62. The minimum absolute atomic E-state index is 0.105. The van der Waals surface area contributed by atoms with Crippen LogP contribution in [0.15, 0.2) is 4.99 Å². The van der Waals surface area contributed by atoms with Crippen molar-refractivity contribution < 1.29 is 4.79 Å². The van der Waals surface area contributed by atoms with Crippen molar-refractivity contribution in [2.24, 2.45) is 22.4 Å². The van der Waals surface area contributed by atoms with Gasteiger partial charge in [0.15, 0.2) is 5.96 Å². The van der Waals surface area contributed by atoms with Gasteiger partial charge in [0.2, 0.25) is 0 Å². The highest BCUT2D eigenvalue weighted by atomic mass is 16.1. The molecule has 0 aromatic carbocycles. The molecule has 2 unspecified atom stereocenters. The maximum atomic E-state index is 11.0. The molecule has 1 saturated heterocycles. The van der Waals surface area contributed by atoms with E-state index in [2.05, 4.69) is 22.5 Å². The van der Waals surface area contributed by atoms with Gasteiger partial charge in [0.25, 0.3) is 0 Å². The first-order chi connectivity index (χ1) is 8.61. The Morgan fingerprint density at radius 2 is 2.39 bits per heavy atom. The van der Waals surface area contributed by atoms with Crippen LogP contribution < -0.4 is 22.1 Å². The fourth-order valence-electron chi connectivity index (χ4n) is 2.20. The Bertz CT molecular complexity index is 278. The van der Waals surface area contributed by atoms with Crippen LogP contribution in [0.5, 0.6) is 0 Å². The van der Waals surface area contributed by atoms with Crippen LogP contribution in [0.2, 0.25) is 0 Å². The molecule has 6 nitrogen and oxygen atoms in total. The summed E-state index contributed by atoms with van der Waals surface area (Å²) in [7, 11) is 0. The lowest BCUT2D eigenvalue weighted by atomic mass is 9.97. The average molecular weight is 255 g/mol. The van der Waals surface area contributed by atoms with E-state index in [1.54, 1.807) is 0 Å². The summed E-state index contributed by atoms with van der Waals surface area (Å²) in [6.07, 6.45) is 5.04. The molecule has 0 radical (unpaired) electrons. The molecule has 6 N–H and O–H groups in total.